The molecular weight excluding hydrogens is 300 g/mol. The zero-order valence-corrected chi connectivity index (χ0v) is 15.3. The summed E-state index contributed by atoms with van der Waals surface area (Å²) in [6.07, 6.45) is 12.2. The number of allylic oxidation sites excluding steroid dienone is 2. The first kappa shape index (κ1) is 17.5. The van der Waals surface area contributed by atoms with Gasteiger partial charge in [-0.15, -0.1) is 0 Å². The van der Waals surface area contributed by atoms with Crippen molar-refractivity contribution in [3.05, 3.63) is 12.2 Å². The van der Waals surface area contributed by atoms with Crippen LogP contribution in [0.2, 0.25) is 0 Å². The molecule has 0 aromatic heterocycles. The topological polar surface area (TPSA) is 40.6 Å². The van der Waals surface area contributed by atoms with Gasteiger partial charge in [0.05, 0.1) is 0 Å². The van der Waals surface area contributed by atoms with Gasteiger partial charge in [0.2, 0.25) is 11.8 Å². The second-order valence-corrected chi connectivity index (χ2v) is 8.33. The number of hydrogen-bond acceptors (Lipinski definition) is 2. The van der Waals surface area contributed by atoms with E-state index in [2.05, 4.69) is 17.1 Å². The fourth-order valence-corrected chi connectivity index (χ4v) is 4.68. The second kappa shape index (κ2) is 7.28. The molecule has 4 heteroatoms. The van der Waals surface area contributed by atoms with Gasteiger partial charge in [-0.05, 0) is 50.4 Å². The summed E-state index contributed by atoms with van der Waals surface area (Å²) in [4.78, 5) is 29.2. The van der Waals surface area contributed by atoms with Gasteiger partial charge in [-0.2, -0.15) is 0 Å². The van der Waals surface area contributed by atoms with Crippen LogP contribution in [0, 0.1) is 17.3 Å². The lowest BCUT2D eigenvalue weighted by molar-refractivity contribution is -0.144. The Kier molecular flexibility index (Phi) is 5.31. The van der Waals surface area contributed by atoms with E-state index in [4.69, 9.17) is 0 Å². The molecule has 0 bridgehead atoms. The van der Waals surface area contributed by atoms with Gasteiger partial charge in [0.1, 0.15) is 0 Å². The first-order chi connectivity index (χ1) is 11.5. The van der Waals surface area contributed by atoms with Crippen LogP contribution < -0.4 is 0 Å². The Morgan fingerprint density at radius 1 is 1.04 bits per heavy atom. The number of carbonyl (C=O) groups is 2. The van der Waals surface area contributed by atoms with Crippen LogP contribution in [0.15, 0.2) is 12.2 Å². The van der Waals surface area contributed by atoms with Crippen LogP contribution in [0.25, 0.3) is 0 Å². The Bertz CT molecular complexity index is 506. The Labute approximate surface area is 146 Å². The van der Waals surface area contributed by atoms with E-state index >= 15 is 0 Å². The summed E-state index contributed by atoms with van der Waals surface area (Å²) in [6.45, 7) is 7.26. The maximum atomic E-state index is 13.0. The van der Waals surface area contributed by atoms with Gasteiger partial charge in [0.15, 0.2) is 0 Å². The van der Waals surface area contributed by atoms with Gasteiger partial charge in [-0.1, -0.05) is 26.0 Å². The first-order valence-corrected chi connectivity index (χ1v) is 9.73. The lowest BCUT2D eigenvalue weighted by Crippen LogP contribution is -2.50. The van der Waals surface area contributed by atoms with Gasteiger partial charge < -0.3 is 9.80 Å². The summed E-state index contributed by atoms with van der Waals surface area (Å²) in [5.41, 5.74) is 0.344. The third kappa shape index (κ3) is 3.68. The lowest BCUT2D eigenvalue weighted by Gasteiger charge is -2.45. The van der Waals surface area contributed by atoms with Gasteiger partial charge in [-0.25, -0.2) is 0 Å². The molecular formula is C20H32N2O2. The van der Waals surface area contributed by atoms with Crippen molar-refractivity contribution in [1.29, 1.82) is 0 Å². The fraction of sp³-hybridized carbons (Fsp3) is 0.800. The van der Waals surface area contributed by atoms with E-state index in [0.29, 0.717) is 11.3 Å². The maximum absolute atomic E-state index is 13.0. The molecule has 0 radical (unpaired) electrons. The SMILES string of the molecule is CC(C)C(=O)N1CCC(C(=O)N2CCCC3(CC=CCC3)C2)CC1. The van der Waals surface area contributed by atoms with E-state index in [0.717, 1.165) is 58.3 Å². The highest BCUT2D eigenvalue weighted by Crippen LogP contribution is 2.41. The van der Waals surface area contributed by atoms with E-state index in [9.17, 15) is 9.59 Å². The Hall–Kier alpha value is -1.32. The average Bonchev–Trinajstić information content (AvgIpc) is 2.61. The van der Waals surface area contributed by atoms with Gasteiger partial charge in [0.25, 0.3) is 0 Å². The zero-order valence-electron chi connectivity index (χ0n) is 15.3. The van der Waals surface area contributed by atoms with Gasteiger partial charge >= 0.3 is 0 Å². The van der Waals surface area contributed by atoms with E-state index in [1.165, 1.54) is 12.8 Å². The molecule has 1 atom stereocenters. The van der Waals surface area contributed by atoms with E-state index in [1.54, 1.807) is 0 Å². The molecule has 2 aliphatic heterocycles. The molecule has 4 nitrogen and oxygen atoms in total. The van der Waals surface area contributed by atoms with Crippen LogP contribution in [0.3, 0.4) is 0 Å². The highest BCUT2D eigenvalue weighted by Gasteiger charge is 2.39. The number of nitrogens with zero attached hydrogens (tertiary/aromatic N) is 2. The van der Waals surface area contributed by atoms with Crippen molar-refractivity contribution in [3.8, 4) is 0 Å². The number of piperidine rings is 2. The van der Waals surface area contributed by atoms with Gasteiger partial charge in [-0.3, -0.25) is 9.59 Å². The minimum atomic E-state index is 0.0542. The highest BCUT2D eigenvalue weighted by atomic mass is 16.2. The van der Waals surface area contributed by atoms with E-state index < -0.39 is 0 Å². The molecule has 2 amide bonds. The normalized spacial score (nSPS) is 28.6. The molecule has 0 saturated carbocycles. The molecule has 3 rings (SSSR count). The summed E-state index contributed by atoms with van der Waals surface area (Å²) in [5.74, 6) is 0.751. The number of carbonyl (C=O) groups excluding carboxylic acids is 2. The molecule has 2 heterocycles. The van der Waals surface area contributed by atoms with Crippen LogP contribution in [0.5, 0.6) is 0 Å². The third-order valence-corrected chi connectivity index (χ3v) is 6.18. The number of amides is 2. The van der Waals surface area contributed by atoms with Gasteiger partial charge in [0, 0.05) is 38.0 Å². The van der Waals surface area contributed by atoms with Crippen molar-refractivity contribution in [2.24, 2.45) is 17.3 Å². The van der Waals surface area contributed by atoms with Crippen molar-refractivity contribution >= 4 is 11.8 Å². The number of hydrogen-bond donors (Lipinski definition) is 0. The Morgan fingerprint density at radius 2 is 1.79 bits per heavy atom. The minimum absolute atomic E-state index is 0.0542. The largest absolute Gasteiger partial charge is 0.342 e. The Morgan fingerprint density at radius 3 is 2.42 bits per heavy atom. The van der Waals surface area contributed by atoms with Crippen LogP contribution in [0.4, 0.5) is 0 Å². The smallest absolute Gasteiger partial charge is 0.225 e. The van der Waals surface area contributed by atoms with Crippen LogP contribution >= 0.6 is 0 Å². The third-order valence-electron chi connectivity index (χ3n) is 6.18. The molecule has 2 saturated heterocycles. The van der Waals surface area contributed by atoms with Crippen molar-refractivity contribution in [2.45, 2.75) is 58.8 Å². The first-order valence-electron chi connectivity index (χ1n) is 9.73. The number of rotatable bonds is 2. The van der Waals surface area contributed by atoms with Crippen molar-refractivity contribution in [2.75, 3.05) is 26.2 Å². The summed E-state index contributed by atoms with van der Waals surface area (Å²) in [7, 11) is 0. The predicted octanol–water partition coefficient (Wildman–Crippen LogP) is 3.23. The molecule has 0 N–H and O–H groups in total. The molecule has 134 valence electrons. The quantitative estimate of drug-likeness (QED) is 0.729. The van der Waals surface area contributed by atoms with Crippen LogP contribution in [0.1, 0.15) is 58.8 Å². The molecule has 2 fully saturated rings. The number of likely N-dealkylation sites (tertiary alicyclic amines) is 2. The molecule has 3 aliphatic rings. The van der Waals surface area contributed by atoms with E-state index in [1.807, 2.05) is 18.7 Å². The monoisotopic (exact) mass is 332 g/mol. The predicted molar refractivity (Wildman–Crippen MR) is 95.4 cm³/mol. The average molecular weight is 332 g/mol. The molecule has 1 spiro atoms. The summed E-state index contributed by atoms with van der Waals surface area (Å²) in [6, 6.07) is 0. The minimum Gasteiger partial charge on any atom is -0.342 e. The highest BCUT2D eigenvalue weighted by molar-refractivity contribution is 5.81. The zero-order chi connectivity index (χ0) is 17.2. The standard InChI is InChI=1S/C20H32N2O2/c1-16(2)18(23)21-13-7-17(8-14-21)19(24)22-12-6-11-20(15-22)9-4-3-5-10-20/h3-4,16-17H,5-15H2,1-2H3. The maximum Gasteiger partial charge on any atom is 0.225 e. The summed E-state index contributed by atoms with van der Waals surface area (Å²) in [5, 5.41) is 0. The molecule has 0 aromatic carbocycles. The van der Waals surface area contributed by atoms with Crippen molar-refractivity contribution < 1.29 is 9.59 Å². The molecule has 0 aromatic rings. The molecule has 1 aliphatic carbocycles. The molecule has 1 unspecified atom stereocenters. The van der Waals surface area contributed by atoms with Crippen LogP contribution in [-0.2, 0) is 9.59 Å². The second-order valence-electron chi connectivity index (χ2n) is 8.33. The Balaban J connectivity index is 1.55. The lowest BCUT2D eigenvalue weighted by atomic mass is 9.71. The summed E-state index contributed by atoms with van der Waals surface area (Å²) >= 11 is 0. The van der Waals surface area contributed by atoms with Crippen LogP contribution in [-0.4, -0.2) is 47.8 Å². The molecule has 24 heavy (non-hydrogen) atoms. The van der Waals surface area contributed by atoms with Crippen molar-refractivity contribution in [1.82, 2.24) is 9.80 Å². The fourth-order valence-electron chi connectivity index (χ4n) is 4.68. The van der Waals surface area contributed by atoms with Crippen molar-refractivity contribution in [3.63, 3.8) is 0 Å². The van der Waals surface area contributed by atoms with E-state index in [-0.39, 0.29) is 17.7 Å². The summed E-state index contributed by atoms with van der Waals surface area (Å²) < 4.78 is 0.